The van der Waals surface area contributed by atoms with Crippen molar-refractivity contribution in [2.45, 2.75) is 6.61 Å². The van der Waals surface area contributed by atoms with Gasteiger partial charge in [0.25, 0.3) is 0 Å². The summed E-state index contributed by atoms with van der Waals surface area (Å²) in [6.45, 7) is 0.0875. The van der Waals surface area contributed by atoms with Crippen molar-refractivity contribution in [3.8, 4) is 5.69 Å². The number of hydrogen-bond donors (Lipinski definition) is 0. The van der Waals surface area contributed by atoms with Gasteiger partial charge in [0, 0.05) is 12.7 Å². The first-order chi connectivity index (χ1) is 16.8. The summed E-state index contributed by atoms with van der Waals surface area (Å²) in [6.07, 6.45) is 0. The molecule has 1 amide bonds. The first-order valence-electron chi connectivity index (χ1n) is 10.1. The zero-order chi connectivity index (χ0) is 25.1. The third-order valence-corrected chi connectivity index (χ3v) is 5.89. The van der Waals surface area contributed by atoms with E-state index >= 15 is 0 Å². The van der Waals surface area contributed by atoms with Crippen molar-refractivity contribution in [2.75, 3.05) is 11.9 Å². The minimum atomic E-state index is -0.871. The van der Waals surface area contributed by atoms with Crippen LogP contribution in [-0.2, 0) is 11.3 Å². The van der Waals surface area contributed by atoms with Crippen molar-refractivity contribution >= 4 is 52.5 Å². The summed E-state index contributed by atoms with van der Waals surface area (Å²) in [7, 11) is 1.41. The maximum atomic E-state index is 12.9. The number of nitrogens with zero attached hydrogens (tertiary/aromatic N) is 5. The zero-order valence-electron chi connectivity index (χ0n) is 18.1. The quantitative estimate of drug-likeness (QED) is 0.269. The van der Waals surface area contributed by atoms with Gasteiger partial charge in [0.05, 0.1) is 20.6 Å². The van der Waals surface area contributed by atoms with E-state index in [1.54, 1.807) is 6.07 Å². The van der Waals surface area contributed by atoms with E-state index in [1.807, 2.05) is 30.3 Å². The molecule has 3 aromatic carbocycles. The van der Waals surface area contributed by atoms with Crippen LogP contribution in [0.5, 0.6) is 0 Å². The number of esters is 1. The number of aromatic nitrogens is 4. The third-order valence-electron chi connectivity index (χ3n) is 4.97. The van der Waals surface area contributed by atoms with Gasteiger partial charge < -0.3 is 4.74 Å². The number of halogens is 3. The summed E-state index contributed by atoms with van der Waals surface area (Å²) in [4.78, 5) is 39.3. The molecule has 0 fully saturated rings. The van der Waals surface area contributed by atoms with Crippen LogP contribution in [0.15, 0.2) is 71.5 Å². The highest BCUT2D eigenvalue weighted by Crippen LogP contribution is 2.27. The Bertz CT molecular complexity index is 1450. The Morgan fingerprint density at radius 1 is 0.914 bits per heavy atom. The van der Waals surface area contributed by atoms with Crippen molar-refractivity contribution in [2.24, 2.45) is 0 Å². The number of benzene rings is 3. The van der Waals surface area contributed by atoms with Gasteiger partial charge in [-0.3, -0.25) is 4.90 Å². The summed E-state index contributed by atoms with van der Waals surface area (Å²) in [5.74, 6) is -0.616. The molecule has 178 valence electrons. The molecule has 12 heteroatoms. The molecule has 0 atom stereocenters. The number of hydrogen-bond acceptors (Lipinski definition) is 6. The lowest BCUT2D eigenvalue weighted by atomic mass is 10.2. The fraction of sp³-hybridized carbons (Fsp3) is 0.0870. The van der Waals surface area contributed by atoms with Crippen LogP contribution in [0, 0.1) is 0 Å². The standard InChI is InChI=1S/C23H16Cl3N5O4/c1-29(22(33)31-23(34)30(27-28-31)20-17(24)8-5-9-18(20)25)15-10-11-16(19(26)12-15)21(32)35-13-14-6-3-2-4-7-14/h2-12H,13H2,1H3. The molecule has 0 N–H and O–H groups in total. The van der Waals surface area contributed by atoms with Gasteiger partial charge in [-0.2, -0.15) is 4.68 Å². The van der Waals surface area contributed by atoms with Crippen molar-refractivity contribution < 1.29 is 14.3 Å². The normalized spacial score (nSPS) is 10.7. The Kier molecular flexibility index (Phi) is 7.20. The molecule has 0 saturated heterocycles. The predicted octanol–water partition coefficient (Wildman–Crippen LogP) is 4.85. The molecule has 0 aliphatic heterocycles. The van der Waals surface area contributed by atoms with E-state index in [0.29, 0.717) is 10.4 Å². The molecule has 0 bridgehead atoms. The number of para-hydroxylation sites is 1. The van der Waals surface area contributed by atoms with Crippen LogP contribution in [0.4, 0.5) is 10.5 Å². The van der Waals surface area contributed by atoms with Gasteiger partial charge in [0.1, 0.15) is 12.3 Å². The largest absolute Gasteiger partial charge is 0.457 e. The van der Waals surface area contributed by atoms with Crippen LogP contribution in [0.1, 0.15) is 15.9 Å². The Morgan fingerprint density at radius 2 is 1.60 bits per heavy atom. The summed E-state index contributed by atoms with van der Waals surface area (Å²) < 4.78 is 6.68. The molecule has 4 aromatic rings. The highest BCUT2D eigenvalue weighted by Gasteiger charge is 2.23. The monoisotopic (exact) mass is 531 g/mol. The molecule has 0 aliphatic carbocycles. The molecule has 0 radical (unpaired) electrons. The molecular weight excluding hydrogens is 517 g/mol. The average molecular weight is 533 g/mol. The topological polar surface area (TPSA) is 99.3 Å². The molecule has 1 heterocycles. The second-order valence-electron chi connectivity index (χ2n) is 7.22. The number of amides is 1. The number of carbonyl (C=O) groups is 2. The van der Waals surface area contributed by atoms with Crippen molar-refractivity contribution in [3.05, 3.63) is 103 Å². The number of carbonyl (C=O) groups excluding carboxylic acids is 2. The van der Waals surface area contributed by atoms with E-state index in [2.05, 4.69) is 10.4 Å². The van der Waals surface area contributed by atoms with E-state index in [-0.39, 0.29) is 32.9 Å². The third kappa shape index (κ3) is 5.07. The second-order valence-corrected chi connectivity index (χ2v) is 8.44. The lowest BCUT2D eigenvalue weighted by Crippen LogP contribution is -2.39. The fourth-order valence-corrected chi connectivity index (χ4v) is 3.94. The van der Waals surface area contributed by atoms with Crippen LogP contribution < -0.4 is 10.6 Å². The van der Waals surface area contributed by atoms with Gasteiger partial charge in [-0.1, -0.05) is 71.2 Å². The Balaban J connectivity index is 1.53. The van der Waals surface area contributed by atoms with Gasteiger partial charge >= 0.3 is 17.7 Å². The minimum Gasteiger partial charge on any atom is -0.457 e. The van der Waals surface area contributed by atoms with E-state index < -0.39 is 17.7 Å². The van der Waals surface area contributed by atoms with Gasteiger partial charge in [0.15, 0.2) is 0 Å². The summed E-state index contributed by atoms with van der Waals surface area (Å²) in [6, 6.07) is 17.3. The van der Waals surface area contributed by atoms with Crippen LogP contribution in [-0.4, -0.2) is 38.8 Å². The Hall–Kier alpha value is -3.66. The maximum Gasteiger partial charge on any atom is 0.377 e. The summed E-state index contributed by atoms with van der Waals surface area (Å²) in [5, 5.41) is 7.75. The molecule has 4 rings (SSSR count). The maximum absolute atomic E-state index is 12.9. The lowest BCUT2D eigenvalue weighted by Gasteiger charge is -2.17. The second kappa shape index (κ2) is 10.3. The molecule has 35 heavy (non-hydrogen) atoms. The molecular formula is C23H16Cl3N5O4. The van der Waals surface area contributed by atoms with E-state index in [0.717, 1.165) is 15.1 Å². The van der Waals surface area contributed by atoms with E-state index in [4.69, 9.17) is 39.5 Å². The van der Waals surface area contributed by atoms with Gasteiger partial charge in [-0.15, -0.1) is 4.68 Å². The average Bonchev–Trinajstić information content (AvgIpc) is 3.22. The minimum absolute atomic E-state index is 0.0686. The lowest BCUT2D eigenvalue weighted by molar-refractivity contribution is 0.0473. The first-order valence-corrected chi connectivity index (χ1v) is 11.2. The Morgan fingerprint density at radius 3 is 2.26 bits per heavy atom. The zero-order valence-corrected chi connectivity index (χ0v) is 20.3. The van der Waals surface area contributed by atoms with Gasteiger partial charge in [-0.25, -0.2) is 14.4 Å². The van der Waals surface area contributed by atoms with Crippen molar-refractivity contribution in [3.63, 3.8) is 0 Å². The van der Waals surface area contributed by atoms with E-state index in [1.165, 1.54) is 37.4 Å². The van der Waals surface area contributed by atoms with Crippen LogP contribution in [0.3, 0.4) is 0 Å². The fourth-order valence-electron chi connectivity index (χ4n) is 3.13. The van der Waals surface area contributed by atoms with E-state index in [9.17, 15) is 14.4 Å². The predicted molar refractivity (Wildman–Crippen MR) is 132 cm³/mol. The van der Waals surface area contributed by atoms with Crippen molar-refractivity contribution in [1.29, 1.82) is 0 Å². The molecule has 1 aromatic heterocycles. The highest BCUT2D eigenvalue weighted by molar-refractivity contribution is 6.37. The van der Waals surface area contributed by atoms with Crippen LogP contribution in [0.25, 0.3) is 5.69 Å². The molecule has 9 nitrogen and oxygen atoms in total. The molecule has 0 aliphatic rings. The van der Waals surface area contributed by atoms with Gasteiger partial charge in [0.2, 0.25) is 0 Å². The number of tetrazole rings is 1. The van der Waals surface area contributed by atoms with Crippen LogP contribution in [0.2, 0.25) is 15.1 Å². The Labute approximate surface area is 214 Å². The number of ether oxygens (including phenoxy) is 1. The molecule has 0 unspecified atom stereocenters. The van der Waals surface area contributed by atoms with Crippen LogP contribution >= 0.6 is 34.8 Å². The molecule has 0 saturated carbocycles. The number of rotatable bonds is 5. The summed E-state index contributed by atoms with van der Waals surface area (Å²) >= 11 is 18.5. The number of anilines is 1. The summed E-state index contributed by atoms with van der Waals surface area (Å²) in [5.41, 5.74) is 0.490. The molecule has 0 spiro atoms. The van der Waals surface area contributed by atoms with Crippen molar-refractivity contribution in [1.82, 2.24) is 19.8 Å². The first kappa shape index (κ1) is 24.5. The smallest absolute Gasteiger partial charge is 0.377 e. The highest BCUT2D eigenvalue weighted by atomic mass is 35.5. The van der Waals surface area contributed by atoms with Gasteiger partial charge in [-0.05, 0) is 46.3 Å². The SMILES string of the molecule is CN(C(=O)n1nnn(-c2c(Cl)cccc2Cl)c1=O)c1ccc(C(=O)OCc2ccccc2)c(Cl)c1.